The summed E-state index contributed by atoms with van der Waals surface area (Å²) in [6.45, 7) is 7.17. The molecule has 202 valence electrons. The van der Waals surface area contributed by atoms with Crippen LogP contribution < -0.4 is 5.32 Å². The van der Waals surface area contributed by atoms with Crippen LogP contribution in [-0.2, 0) is 21.2 Å². The van der Waals surface area contributed by atoms with E-state index < -0.39 is 21.7 Å². The quantitative estimate of drug-likeness (QED) is 0.320. The minimum atomic E-state index is -4.01. The number of benzene rings is 2. The molecule has 0 fully saturated rings. The summed E-state index contributed by atoms with van der Waals surface area (Å²) < 4.78 is 34.6. The number of aromatic nitrogens is 3. The molecular weight excluding hydrogens is 516 g/mol. The molecule has 10 heteroatoms. The van der Waals surface area contributed by atoms with Crippen LogP contribution in [0.15, 0.2) is 65.8 Å². The van der Waals surface area contributed by atoms with Crippen LogP contribution in [0.4, 0.5) is 4.79 Å². The Morgan fingerprint density at radius 3 is 2.46 bits per heavy atom. The smallest absolute Gasteiger partial charge is 0.408 e. The van der Waals surface area contributed by atoms with Crippen LogP contribution in [0, 0.1) is 0 Å². The molecule has 0 bridgehead atoms. The fraction of sp³-hybridized carbons (Fsp3) is 0.310. The van der Waals surface area contributed by atoms with Gasteiger partial charge in [0.15, 0.2) is 5.78 Å². The van der Waals surface area contributed by atoms with Gasteiger partial charge in [-0.2, -0.15) is 0 Å². The molecule has 2 aromatic heterocycles. The Labute approximate surface area is 227 Å². The number of fused-ring (bicyclic) bond motifs is 3. The van der Waals surface area contributed by atoms with Crippen LogP contribution in [0.3, 0.4) is 0 Å². The molecule has 1 aliphatic rings. The van der Waals surface area contributed by atoms with E-state index in [2.05, 4.69) is 15.3 Å². The third kappa shape index (κ3) is 5.04. The molecule has 1 aliphatic carbocycles. The van der Waals surface area contributed by atoms with Crippen LogP contribution in [0.5, 0.6) is 0 Å². The zero-order valence-electron chi connectivity index (χ0n) is 22.3. The second-order valence-electron chi connectivity index (χ2n) is 10.5. The number of hydrogen-bond donors (Lipinski definition) is 1. The Bertz CT molecular complexity index is 1670. The van der Waals surface area contributed by atoms with Gasteiger partial charge in [-0.05, 0) is 69.0 Å². The van der Waals surface area contributed by atoms with Crippen molar-refractivity contribution < 1.29 is 22.7 Å². The Morgan fingerprint density at radius 2 is 1.82 bits per heavy atom. The van der Waals surface area contributed by atoms with Crippen LogP contribution in [0.25, 0.3) is 22.3 Å². The van der Waals surface area contributed by atoms with Crippen molar-refractivity contribution in [1.82, 2.24) is 19.3 Å². The molecule has 39 heavy (non-hydrogen) atoms. The van der Waals surface area contributed by atoms with Gasteiger partial charge in [-0.3, -0.25) is 9.78 Å². The van der Waals surface area contributed by atoms with Gasteiger partial charge in [-0.1, -0.05) is 31.2 Å². The standard InChI is InChI=1S/C29H30N4O5S/c1-5-27(34)24-17-30-23(16-31-24)26-15-21-19-11-13-22(32-28(35)38-29(2,3)4)20(19)12-14-25(21)33(26)39(36,37)18-9-7-6-8-10-18/h6-10,12,14-17,22H,5,11,13H2,1-4H3,(H,32,35)/t22-/m1/s1. The number of nitrogens with zero attached hydrogens (tertiary/aromatic N) is 3. The number of amides is 1. The first-order valence-electron chi connectivity index (χ1n) is 12.8. The van der Waals surface area contributed by atoms with Crippen molar-refractivity contribution in [3.8, 4) is 11.4 Å². The minimum absolute atomic E-state index is 0.138. The number of aryl methyl sites for hydroxylation is 1. The molecule has 1 N–H and O–H groups in total. The molecule has 2 aromatic carbocycles. The highest BCUT2D eigenvalue weighted by atomic mass is 32.2. The lowest BCUT2D eigenvalue weighted by Gasteiger charge is -2.22. The molecule has 0 saturated carbocycles. The highest BCUT2D eigenvalue weighted by molar-refractivity contribution is 7.90. The van der Waals surface area contributed by atoms with Gasteiger partial charge in [0.25, 0.3) is 10.0 Å². The van der Waals surface area contributed by atoms with Crippen LogP contribution in [-0.4, -0.2) is 39.8 Å². The number of carbonyl (C=O) groups excluding carboxylic acids is 2. The average Bonchev–Trinajstić information content (AvgIpc) is 3.49. The lowest BCUT2D eigenvalue weighted by Crippen LogP contribution is -2.34. The van der Waals surface area contributed by atoms with E-state index in [0.717, 1.165) is 16.5 Å². The highest BCUT2D eigenvalue weighted by Gasteiger charge is 2.31. The number of Topliss-reactive ketones (excluding diaryl/α,β-unsaturated/α-hetero) is 1. The lowest BCUT2D eigenvalue weighted by atomic mass is 10.0. The van der Waals surface area contributed by atoms with E-state index >= 15 is 0 Å². The Balaban J connectivity index is 1.65. The van der Waals surface area contributed by atoms with Gasteiger partial charge in [0.1, 0.15) is 17.0 Å². The summed E-state index contributed by atoms with van der Waals surface area (Å²) in [7, 11) is -4.01. The second-order valence-corrected chi connectivity index (χ2v) is 12.3. The molecular formula is C29H30N4O5S. The van der Waals surface area contributed by atoms with Gasteiger partial charge in [-0.15, -0.1) is 0 Å². The van der Waals surface area contributed by atoms with E-state index in [9.17, 15) is 18.0 Å². The van der Waals surface area contributed by atoms with Gasteiger partial charge < -0.3 is 10.1 Å². The normalized spacial score (nSPS) is 15.2. The molecule has 9 nitrogen and oxygen atoms in total. The Morgan fingerprint density at radius 1 is 1.08 bits per heavy atom. The van der Waals surface area contributed by atoms with Crippen molar-refractivity contribution in [2.24, 2.45) is 0 Å². The highest BCUT2D eigenvalue weighted by Crippen LogP contribution is 2.40. The second kappa shape index (κ2) is 9.92. The topological polar surface area (TPSA) is 120 Å². The summed E-state index contributed by atoms with van der Waals surface area (Å²) in [5, 5.41) is 3.70. The molecule has 5 rings (SSSR count). The van der Waals surface area contributed by atoms with Crippen molar-refractivity contribution in [3.05, 3.63) is 77.7 Å². The first-order valence-corrected chi connectivity index (χ1v) is 14.3. The van der Waals surface area contributed by atoms with Gasteiger partial charge in [-0.25, -0.2) is 22.2 Å². The molecule has 2 heterocycles. The molecule has 0 aliphatic heterocycles. The van der Waals surface area contributed by atoms with Crippen LogP contribution >= 0.6 is 0 Å². The van der Waals surface area contributed by atoms with Crippen LogP contribution in [0.1, 0.15) is 68.2 Å². The maximum Gasteiger partial charge on any atom is 0.408 e. The summed E-state index contributed by atoms with van der Waals surface area (Å²) in [6.07, 6.45) is 3.92. The summed E-state index contributed by atoms with van der Waals surface area (Å²) in [4.78, 5) is 33.4. The largest absolute Gasteiger partial charge is 0.444 e. The molecule has 1 amide bonds. The van der Waals surface area contributed by atoms with Crippen LogP contribution in [0.2, 0.25) is 0 Å². The molecule has 0 radical (unpaired) electrons. The number of ether oxygens (including phenoxy) is 1. The van der Waals surface area contributed by atoms with E-state index in [0.29, 0.717) is 36.2 Å². The fourth-order valence-corrected chi connectivity index (χ4v) is 6.44. The van der Waals surface area contributed by atoms with Crippen molar-refractivity contribution in [3.63, 3.8) is 0 Å². The van der Waals surface area contributed by atoms with E-state index in [1.165, 1.54) is 16.4 Å². The average molecular weight is 547 g/mol. The van der Waals surface area contributed by atoms with Gasteiger partial charge >= 0.3 is 6.09 Å². The van der Waals surface area contributed by atoms with E-state index in [1.54, 1.807) is 49.4 Å². The van der Waals surface area contributed by atoms with Gasteiger partial charge in [0.05, 0.1) is 34.5 Å². The molecule has 0 unspecified atom stereocenters. The van der Waals surface area contributed by atoms with E-state index in [4.69, 9.17) is 4.74 Å². The van der Waals surface area contributed by atoms with E-state index in [1.807, 2.05) is 26.8 Å². The Hall–Kier alpha value is -4.05. The number of nitrogens with one attached hydrogen (secondary N) is 1. The first-order chi connectivity index (χ1) is 18.5. The predicted octanol–water partition coefficient (Wildman–Crippen LogP) is 5.44. The predicted molar refractivity (Wildman–Crippen MR) is 147 cm³/mol. The van der Waals surface area contributed by atoms with E-state index in [-0.39, 0.29) is 22.4 Å². The number of carbonyl (C=O) groups is 2. The third-order valence-corrected chi connectivity index (χ3v) is 8.38. The monoisotopic (exact) mass is 546 g/mol. The third-order valence-electron chi connectivity index (χ3n) is 6.64. The summed E-state index contributed by atoms with van der Waals surface area (Å²) >= 11 is 0. The van der Waals surface area contributed by atoms with Crippen molar-refractivity contribution in [2.75, 3.05) is 0 Å². The molecule has 0 spiro atoms. The van der Waals surface area contributed by atoms with Crippen molar-refractivity contribution in [1.29, 1.82) is 0 Å². The van der Waals surface area contributed by atoms with Gasteiger partial charge in [0, 0.05) is 11.8 Å². The molecule has 4 aromatic rings. The molecule has 1 atom stereocenters. The van der Waals surface area contributed by atoms with Crippen molar-refractivity contribution >= 4 is 32.8 Å². The summed E-state index contributed by atoms with van der Waals surface area (Å²) in [5.41, 5.74) is 2.66. The maximum absolute atomic E-state index is 14.0. The first kappa shape index (κ1) is 26.6. The summed E-state index contributed by atoms with van der Waals surface area (Å²) in [5.74, 6) is -0.146. The number of ketones is 1. The number of rotatable bonds is 6. The Kier molecular flexibility index (Phi) is 6.76. The fourth-order valence-electron chi connectivity index (χ4n) is 4.90. The molecule has 0 saturated heterocycles. The zero-order valence-corrected chi connectivity index (χ0v) is 23.1. The van der Waals surface area contributed by atoms with Gasteiger partial charge in [0.2, 0.25) is 0 Å². The van der Waals surface area contributed by atoms with Crippen molar-refractivity contribution in [2.45, 2.75) is 63.5 Å². The zero-order chi connectivity index (χ0) is 27.9. The minimum Gasteiger partial charge on any atom is -0.444 e. The number of hydrogen-bond acceptors (Lipinski definition) is 7. The summed E-state index contributed by atoms with van der Waals surface area (Å²) in [6, 6.07) is 13.4. The SMILES string of the molecule is CCC(=O)c1cnc(-c2cc3c4c(ccc3n2S(=O)(=O)c2ccccc2)[C@H](NC(=O)OC(C)(C)C)CC4)cn1. The maximum atomic E-state index is 14.0. The lowest BCUT2D eigenvalue weighted by molar-refractivity contribution is 0.0503. The number of alkyl carbamates (subject to hydrolysis) is 1.